The maximum absolute atomic E-state index is 13.7. The molecule has 0 bridgehead atoms. The minimum Gasteiger partial charge on any atom is -0.480 e. The zero-order valence-electron chi connectivity index (χ0n) is 11.9. The molecule has 0 radical (unpaired) electrons. The quantitative estimate of drug-likeness (QED) is 0.898. The Morgan fingerprint density at radius 3 is 2.50 bits per heavy atom. The Labute approximate surface area is 126 Å². The molecular weight excluding hydrogens is 292 g/mol. The van der Waals surface area contributed by atoms with Gasteiger partial charge in [-0.15, -0.1) is 0 Å². The summed E-state index contributed by atoms with van der Waals surface area (Å²) in [6, 6.07) is 3.32. The van der Waals surface area contributed by atoms with Crippen LogP contribution in [-0.4, -0.2) is 22.5 Å². The fraction of sp³-hybridized carbons (Fsp3) is 0.500. The number of carboxylic acids is 1. The molecule has 0 unspecified atom stereocenters. The highest BCUT2D eigenvalue weighted by molar-refractivity contribution is 5.90. The van der Waals surface area contributed by atoms with Crippen LogP contribution >= 0.6 is 0 Å². The van der Waals surface area contributed by atoms with Crippen molar-refractivity contribution in [3.05, 3.63) is 35.4 Å². The van der Waals surface area contributed by atoms with Gasteiger partial charge in [0.2, 0.25) is 5.91 Å². The Kier molecular flexibility index (Phi) is 3.62. The first-order valence-electron chi connectivity index (χ1n) is 7.43. The van der Waals surface area contributed by atoms with Crippen molar-refractivity contribution in [1.29, 1.82) is 0 Å². The Morgan fingerprint density at radius 1 is 1.23 bits per heavy atom. The van der Waals surface area contributed by atoms with E-state index in [1.807, 2.05) is 0 Å². The SMILES string of the molecule is O=C(NC1(C(=O)O)CCCC1)[C@@H]1C[C@@H]1c1ccc(F)cc1F. The van der Waals surface area contributed by atoms with Crippen molar-refractivity contribution in [1.82, 2.24) is 5.32 Å². The van der Waals surface area contributed by atoms with Crippen molar-refractivity contribution < 1.29 is 23.5 Å². The van der Waals surface area contributed by atoms with Crippen molar-refractivity contribution in [2.45, 2.75) is 43.6 Å². The van der Waals surface area contributed by atoms with Gasteiger partial charge in [-0.05, 0) is 36.8 Å². The number of halogens is 2. The molecule has 118 valence electrons. The molecule has 2 fully saturated rings. The van der Waals surface area contributed by atoms with E-state index in [-0.39, 0.29) is 11.8 Å². The molecular formula is C16H17F2NO3. The summed E-state index contributed by atoms with van der Waals surface area (Å²) >= 11 is 0. The lowest BCUT2D eigenvalue weighted by atomic mass is 9.97. The first-order chi connectivity index (χ1) is 10.4. The lowest BCUT2D eigenvalue weighted by molar-refractivity contribution is -0.147. The van der Waals surface area contributed by atoms with Gasteiger partial charge in [-0.25, -0.2) is 13.6 Å². The van der Waals surface area contributed by atoms with Crippen LogP contribution in [0.25, 0.3) is 0 Å². The van der Waals surface area contributed by atoms with Crippen LogP contribution in [0.3, 0.4) is 0 Å². The van der Waals surface area contributed by atoms with E-state index >= 15 is 0 Å². The highest BCUT2D eigenvalue weighted by atomic mass is 19.1. The third kappa shape index (κ3) is 2.58. The van der Waals surface area contributed by atoms with E-state index in [2.05, 4.69) is 5.32 Å². The topological polar surface area (TPSA) is 66.4 Å². The zero-order chi connectivity index (χ0) is 15.9. The number of aliphatic carboxylic acids is 1. The molecule has 0 aromatic heterocycles. The van der Waals surface area contributed by atoms with Crippen LogP contribution in [0.5, 0.6) is 0 Å². The van der Waals surface area contributed by atoms with E-state index in [9.17, 15) is 23.5 Å². The van der Waals surface area contributed by atoms with E-state index < -0.39 is 29.1 Å². The third-order valence-electron chi connectivity index (χ3n) is 4.72. The first kappa shape index (κ1) is 14.9. The number of nitrogens with one attached hydrogen (secondary N) is 1. The van der Waals surface area contributed by atoms with E-state index in [1.165, 1.54) is 12.1 Å². The Balaban J connectivity index is 1.69. The second-order valence-electron chi connectivity index (χ2n) is 6.20. The highest BCUT2D eigenvalue weighted by Crippen LogP contribution is 2.49. The van der Waals surface area contributed by atoms with Crippen molar-refractivity contribution in [3.63, 3.8) is 0 Å². The molecule has 2 saturated carbocycles. The van der Waals surface area contributed by atoms with Crippen molar-refractivity contribution >= 4 is 11.9 Å². The molecule has 0 saturated heterocycles. The average Bonchev–Trinajstić information content (AvgIpc) is 3.10. The zero-order valence-corrected chi connectivity index (χ0v) is 11.9. The Hall–Kier alpha value is -1.98. The first-order valence-corrected chi connectivity index (χ1v) is 7.43. The Bertz CT molecular complexity index is 626. The summed E-state index contributed by atoms with van der Waals surface area (Å²) in [4.78, 5) is 23.7. The molecule has 1 aromatic carbocycles. The number of carboxylic acid groups (broad SMARTS) is 1. The number of carbonyl (C=O) groups is 2. The number of hydrogen-bond acceptors (Lipinski definition) is 2. The fourth-order valence-electron chi connectivity index (χ4n) is 3.33. The molecule has 1 amide bonds. The smallest absolute Gasteiger partial charge is 0.329 e. The predicted molar refractivity (Wildman–Crippen MR) is 74.2 cm³/mol. The van der Waals surface area contributed by atoms with Crippen molar-refractivity contribution in [2.75, 3.05) is 0 Å². The molecule has 1 aromatic rings. The van der Waals surface area contributed by atoms with Gasteiger partial charge in [0.05, 0.1) is 0 Å². The molecule has 22 heavy (non-hydrogen) atoms. The van der Waals surface area contributed by atoms with Crippen molar-refractivity contribution in [3.8, 4) is 0 Å². The van der Waals surface area contributed by atoms with Gasteiger partial charge in [0.15, 0.2) is 0 Å². The molecule has 3 rings (SSSR count). The Morgan fingerprint density at radius 2 is 1.91 bits per heavy atom. The number of benzene rings is 1. The summed E-state index contributed by atoms with van der Waals surface area (Å²) in [5.41, 5.74) is -0.858. The van der Waals surface area contributed by atoms with Crippen LogP contribution in [0, 0.1) is 17.6 Å². The standard InChI is InChI=1S/C16H17F2NO3/c17-9-3-4-10(13(18)7-9)11-8-12(11)14(20)19-16(15(21)22)5-1-2-6-16/h3-4,7,11-12H,1-2,5-6,8H2,(H,19,20)(H,21,22)/t11-,12-/m1/s1. The molecule has 2 N–H and O–H groups in total. The molecule has 0 aliphatic heterocycles. The molecule has 4 nitrogen and oxygen atoms in total. The number of amides is 1. The number of carbonyl (C=O) groups excluding carboxylic acids is 1. The summed E-state index contributed by atoms with van der Waals surface area (Å²) in [7, 11) is 0. The normalized spacial score (nSPS) is 25.7. The minimum atomic E-state index is -1.18. The van der Waals surface area contributed by atoms with Gasteiger partial charge in [-0.3, -0.25) is 4.79 Å². The summed E-state index contributed by atoms with van der Waals surface area (Å²) < 4.78 is 26.6. The number of hydrogen-bond donors (Lipinski definition) is 2. The van der Waals surface area contributed by atoms with Gasteiger partial charge in [0.25, 0.3) is 0 Å². The number of rotatable bonds is 4. The van der Waals surface area contributed by atoms with Gasteiger partial charge in [0.1, 0.15) is 17.2 Å². The monoisotopic (exact) mass is 309 g/mol. The molecule has 6 heteroatoms. The van der Waals surface area contributed by atoms with E-state index in [0.29, 0.717) is 24.8 Å². The maximum Gasteiger partial charge on any atom is 0.329 e. The molecule has 2 aliphatic rings. The van der Waals surface area contributed by atoms with E-state index in [4.69, 9.17) is 0 Å². The van der Waals surface area contributed by atoms with Gasteiger partial charge in [-0.1, -0.05) is 18.9 Å². The molecule has 2 atom stereocenters. The van der Waals surface area contributed by atoms with Crippen LogP contribution in [0.4, 0.5) is 8.78 Å². The van der Waals surface area contributed by atoms with E-state index in [1.54, 1.807) is 0 Å². The van der Waals surface area contributed by atoms with Gasteiger partial charge >= 0.3 is 5.97 Å². The van der Waals surface area contributed by atoms with Crippen LogP contribution in [0.2, 0.25) is 0 Å². The van der Waals surface area contributed by atoms with Gasteiger partial charge < -0.3 is 10.4 Å². The maximum atomic E-state index is 13.7. The lowest BCUT2D eigenvalue weighted by Crippen LogP contribution is -2.53. The lowest BCUT2D eigenvalue weighted by Gasteiger charge is -2.25. The molecule has 0 heterocycles. The summed E-state index contributed by atoms with van der Waals surface area (Å²) in [5, 5.41) is 12.0. The predicted octanol–water partition coefficient (Wildman–Crippen LogP) is 2.58. The van der Waals surface area contributed by atoms with Gasteiger partial charge in [0, 0.05) is 12.0 Å². The summed E-state index contributed by atoms with van der Waals surface area (Å²) in [6.07, 6.45) is 2.86. The molecule has 2 aliphatic carbocycles. The van der Waals surface area contributed by atoms with Gasteiger partial charge in [-0.2, -0.15) is 0 Å². The van der Waals surface area contributed by atoms with Crippen molar-refractivity contribution in [2.24, 2.45) is 5.92 Å². The molecule has 0 spiro atoms. The summed E-state index contributed by atoms with van der Waals surface area (Å²) in [6.45, 7) is 0. The average molecular weight is 309 g/mol. The highest BCUT2D eigenvalue weighted by Gasteiger charge is 2.50. The third-order valence-corrected chi connectivity index (χ3v) is 4.72. The fourth-order valence-corrected chi connectivity index (χ4v) is 3.33. The largest absolute Gasteiger partial charge is 0.480 e. The van der Waals surface area contributed by atoms with Crippen LogP contribution in [0.1, 0.15) is 43.6 Å². The van der Waals surface area contributed by atoms with Crippen LogP contribution < -0.4 is 5.32 Å². The van der Waals surface area contributed by atoms with E-state index in [0.717, 1.165) is 18.9 Å². The second kappa shape index (κ2) is 5.34. The van der Waals surface area contributed by atoms with Crippen LogP contribution in [0.15, 0.2) is 18.2 Å². The van der Waals surface area contributed by atoms with Crippen LogP contribution in [-0.2, 0) is 9.59 Å². The summed E-state index contributed by atoms with van der Waals surface area (Å²) in [5.74, 6) is -3.40. The minimum absolute atomic E-state index is 0.298. The second-order valence-corrected chi connectivity index (χ2v) is 6.20.